The number of nitrogen functional groups attached to an aromatic ring is 1. The molecule has 3 heteroatoms. The number of anilines is 2. The zero-order valence-electron chi connectivity index (χ0n) is 10.5. The molecule has 1 unspecified atom stereocenters. The molecule has 0 amide bonds. The summed E-state index contributed by atoms with van der Waals surface area (Å²) in [5.74, 6) is 0. The van der Waals surface area contributed by atoms with Gasteiger partial charge in [-0.05, 0) is 54.7 Å². The summed E-state index contributed by atoms with van der Waals surface area (Å²) in [5.41, 5.74) is 11.8. The van der Waals surface area contributed by atoms with Crippen molar-refractivity contribution in [1.29, 1.82) is 0 Å². The van der Waals surface area contributed by atoms with Crippen molar-refractivity contribution in [3.8, 4) is 0 Å². The maximum atomic E-state index is 5.82. The van der Waals surface area contributed by atoms with Gasteiger partial charge in [-0.1, -0.05) is 6.07 Å². The van der Waals surface area contributed by atoms with E-state index in [0.29, 0.717) is 6.04 Å². The lowest BCUT2D eigenvalue weighted by Gasteiger charge is -2.17. The SMILES string of the molecule is Cc1ccncc1NC1CCc2cc(N)ccc21. The molecular formula is C15H17N3. The van der Waals surface area contributed by atoms with Crippen molar-refractivity contribution in [2.45, 2.75) is 25.8 Å². The summed E-state index contributed by atoms with van der Waals surface area (Å²) < 4.78 is 0. The molecule has 1 atom stereocenters. The Balaban J connectivity index is 1.87. The number of nitrogens with two attached hydrogens (primary N) is 1. The molecule has 1 aliphatic rings. The molecule has 1 aromatic carbocycles. The third-order valence-electron chi connectivity index (χ3n) is 3.61. The molecule has 3 N–H and O–H groups in total. The van der Waals surface area contributed by atoms with Crippen LogP contribution in [0.2, 0.25) is 0 Å². The van der Waals surface area contributed by atoms with Crippen molar-refractivity contribution in [2.75, 3.05) is 11.1 Å². The fourth-order valence-corrected chi connectivity index (χ4v) is 2.59. The summed E-state index contributed by atoms with van der Waals surface area (Å²) in [6.07, 6.45) is 5.93. The predicted octanol–water partition coefficient (Wildman–Crippen LogP) is 3.07. The lowest BCUT2D eigenvalue weighted by atomic mass is 10.1. The van der Waals surface area contributed by atoms with Crippen molar-refractivity contribution in [3.63, 3.8) is 0 Å². The van der Waals surface area contributed by atoms with Crippen molar-refractivity contribution in [3.05, 3.63) is 53.3 Å². The van der Waals surface area contributed by atoms with E-state index in [1.54, 1.807) is 0 Å². The number of hydrogen-bond acceptors (Lipinski definition) is 3. The maximum Gasteiger partial charge on any atom is 0.0561 e. The van der Waals surface area contributed by atoms with Crippen LogP contribution in [0.25, 0.3) is 0 Å². The highest BCUT2D eigenvalue weighted by molar-refractivity contribution is 5.54. The number of rotatable bonds is 2. The largest absolute Gasteiger partial charge is 0.399 e. The number of hydrogen-bond donors (Lipinski definition) is 2. The van der Waals surface area contributed by atoms with Crippen LogP contribution in [0.5, 0.6) is 0 Å². The number of pyridine rings is 1. The standard InChI is InChI=1S/C15H17N3/c1-10-6-7-17-9-15(10)18-14-5-2-11-8-12(16)3-4-13(11)14/h3-4,6-9,14,18H,2,5,16H2,1H3. The lowest BCUT2D eigenvalue weighted by molar-refractivity contribution is 0.760. The molecule has 3 rings (SSSR count). The summed E-state index contributed by atoms with van der Waals surface area (Å²) in [7, 11) is 0. The molecule has 0 saturated carbocycles. The molecule has 1 aliphatic carbocycles. The Kier molecular flexibility index (Phi) is 2.67. The molecule has 0 saturated heterocycles. The number of fused-ring (bicyclic) bond motifs is 1. The smallest absolute Gasteiger partial charge is 0.0561 e. The molecule has 1 aromatic heterocycles. The van der Waals surface area contributed by atoms with Crippen LogP contribution in [0.4, 0.5) is 11.4 Å². The summed E-state index contributed by atoms with van der Waals surface area (Å²) >= 11 is 0. The zero-order chi connectivity index (χ0) is 12.5. The molecule has 0 fully saturated rings. The van der Waals surface area contributed by atoms with E-state index in [1.807, 2.05) is 24.5 Å². The Morgan fingerprint density at radius 3 is 3.06 bits per heavy atom. The van der Waals surface area contributed by atoms with Crippen LogP contribution in [0, 0.1) is 6.92 Å². The van der Waals surface area contributed by atoms with Crippen LogP contribution in [0.3, 0.4) is 0 Å². The van der Waals surface area contributed by atoms with E-state index in [1.165, 1.54) is 16.7 Å². The van der Waals surface area contributed by atoms with Crippen LogP contribution in [-0.2, 0) is 6.42 Å². The van der Waals surface area contributed by atoms with Crippen molar-refractivity contribution in [1.82, 2.24) is 4.98 Å². The van der Waals surface area contributed by atoms with E-state index in [4.69, 9.17) is 5.73 Å². The van der Waals surface area contributed by atoms with Crippen LogP contribution in [0.15, 0.2) is 36.7 Å². The minimum absolute atomic E-state index is 0.378. The van der Waals surface area contributed by atoms with Crippen molar-refractivity contribution >= 4 is 11.4 Å². The monoisotopic (exact) mass is 239 g/mol. The van der Waals surface area contributed by atoms with E-state index in [2.05, 4.69) is 29.4 Å². The number of nitrogens with one attached hydrogen (secondary N) is 1. The van der Waals surface area contributed by atoms with E-state index < -0.39 is 0 Å². The van der Waals surface area contributed by atoms with Gasteiger partial charge in [0, 0.05) is 11.9 Å². The molecule has 92 valence electrons. The van der Waals surface area contributed by atoms with Gasteiger partial charge in [-0.15, -0.1) is 0 Å². The Labute approximate surface area is 107 Å². The van der Waals surface area contributed by atoms with Gasteiger partial charge in [-0.2, -0.15) is 0 Å². The molecule has 0 bridgehead atoms. The van der Waals surface area contributed by atoms with Crippen LogP contribution >= 0.6 is 0 Å². The number of aromatic nitrogens is 1. The minimum Gasteiger partial charge on any atom is -0.399 e. The average molecular weight is 239 g/mol. The second-order valence-corrected chi connectivity index (χ2v) is 4.88. The summed E-state index contributed by atoms with van der Waals surface area (Å²) in [6, 6.07) is 8.62. The van der Waals surface area contributed by atoms with E-state index in [-0.39, 0.29) is 0 Å². The number of nitrogens with zero attached hydrogens (tertiary/aromatic N) is 1. The predicted molar refractivity (Wildman–Crippen MR) is 74.5 cm³/mol. The quantitative estimate of drug-likeness (QED) is 0.792. The second-order valence-electron chi connectivity index (χ2n) is 4.88. The van der Waals surface area contributed by atoms with Gasteiger partial charge >= 0.3 is 0 Å². The van der Waals surface area contributed by atoms with Gasteiger partial charge in [0.2, 0.25) is 0 Å². The lowest BCUT2D eigenvalue weighted by Crippen LogP contribution is -2.08. The summed E-state index contributed by atoms with van der Waals surface area (Å²) in [4.78, 5) is 4.18. The maximum absolute atomic E-state index is 5.82. The topological polar surface area (TPSA) is 50.9 Å². The molecule has 1 heterocycles. The van der Waals surface area contributed by atoms with Crippen molar-refractivity contribution in [2.24, 2.45) is 0 Å². The van der Waals surface area contributed by atoms with E-state index >= 15 is 0 Å². The van der Waals surface area contributed by atoms with Gasteiger partial charge in [-0.3, -0.25) is 4.98 Å². The Hall–Kier alpha value is -2.03. The molecule has 3 nitrogen and oxygen atoms in total. The average Bonchev–Trinajstić information content (AvgIpc) is 2.74. The van der Waals surface area contributed by atoms with Crippen LogP contribution in [-0.4, -0.2) is 4.98 Å². The molecule has 0 spiro atoms. The molecule has 0 radical (unpaired) electrons. The minimum atomic E-state index is 0.378. The fraction of sp³-hybridized carbons (Fsp3) is 0.267. The first-order valence-corrected chi connectivity index (χ1v) is 6.29. The second kappa shape index (κ2) is 4.33. The Bertz CT molecular complexity index is 578. The van der Waals surface area contributed by atoms with Crippen LogP contribution in [0.1, 0.15) is 29.2 Å². The van der Waals surface area contributed by atoms with Crippen LogP contribution < -0.4 is 11.1 Å². The first-order valence-electron chi connectivity index (χ1n) is 6.29. The van der Waals surface area contributed by atoms with Gasteiger partial charge in [0.25, 0.3) is 0 Å². The Morgan fingerprint density at radius 2 is 2.22 bits per heavy atom. The van der Waals surface area contributed by atoms with Gasteiger partial charge < -0.3 is 11.1 Å². The van der Waals surface area contributed by atoms with Gasteiger partial charge in [-0.25, -0.2) is 0 Å². The van der Waals surface area contributed by atoms with E-state index in [9.17, 15) is 0 Å². The number of aryl methyl sites for hydroxylation is 2. The normalized spacial score (nSPS) is 17.5. The van der Waals surface area contributed by atoms with Gasteiger partial charge in [0.15, 0.2) is 0 Å². The highest BCUT2D eigenvalue weighted by Gasteiger charge is 2.22. The molecule has 0 aliphatic heterocycles. The number of benzene rings is 1. The summed E-state index contributed by atoms with van der Waals surface area (Å²) in [5, 5.41) is 3.58. The van der Waals surface area contributed by atoms with Gasteiger partial charge in [0.05, 0.1) is 17.9 Å². The summed E-state index contributed by atoms with van der Waals surface area (Å²) in [6.45, 7) is 2.10. The Morgan fingerprint density at radius 1 is 1.33 bits per heavy atom. The van der Waals surface area contributed by atoms with E-state index in [0.717, 1.165) is 24.2 Å². The first kappa shape index (κ1) is 11.1. The molecule has 18 heavy (non-hydrogen) atoms. The first-order chi connectivity index (χ1) is 8.74. The highest BCUT2D eigenvalue weighted by Crippen LogP contribution is 2.35. The molecular weight excluding hydrogens is 222 g/mol. The van der Waals surface area contributed by atoms with Gasteiger partial charge in [0.1, 0.15) is 0 Å². The third-order valence-corrected chi connectivity index (χ3v) is 3.61. The highest BCUT2D eigenvalue weighted by atomic mass is 14.9. The third kappa shape index (κ3) is 1.92. The fourth-order valence-electron chi connectivity index (χ4n) is 2.59. The molecule has 2 aromatic rings. The van der Waals surface area contributed by atoms with Crippen molar-refractivity contribution < 1.29 is 0 Å². The zero-order valence-corrected chi connectivity index (χ0v) is 10.5.